The molecule has 4 bridgehead atoms. The molecule has 4 saturated heterocycles. The van der Waals surface area contributed by atoms with Crippen LogP contribution < -0.4 is 0 Å². The number of carboxylic acids is 2. The van der Waals surface area contributed by atoms with E-state index in [0.29, 0.717) is 36.8 Å². The molecule has 4 rings (SSSR count). The van der Waals surface area contributed by atoms with E-state index in [1.807, 2.05) is 0 Å². The lowest BCUT2D eigenvalue weighted by Crippen LogP contribution is -2.73. The van der Waals surface area contributed by atoms with Crippen LogP contribution in [-0.2, 0) is 19.1 Å². The second-order valence-electron chi connectivity index (χ2n) is 9.76. The molecule has 7 heteroatoms. The highest BCUT2D eigenvalue weighted by Gasteiger charge is 2.69. The minimum atomic E-state index is -0.953. The number of hydrogen-bond acceptors (Lipinski definition) is 4. The minimum Gasteiger partial charge on any atom is -0.481 e. The van der Waals surface area contributed by atoms with E-state index in [0.717, 1.165) is 45.1 Å². The van der Waals surface area contributed by atoms with Crippen LogP contribution in [0, 0.1) is 5.41 Å². The molecule has 29 heavy (non-hydrogen) atoms. The van der Waals surface area contributed by atoms with Crippen molar-refractivity contribution in [1.82, 2.24) is 0 Å². The molecular weight excluding hydrogens is 374 g/mol. The fraction of sp³-hybridized carbons (Fsp3) is 0.909. The highest BCUT2D eigenvalue weighted by molar-refractivity contribution is 5.79. The number of aliphatic carboxylic acids is 2. The number of quaternary nitrogens is 1. The monoisotopic (exact) mass is 410 g/mol. The van der Waals surface area contributed by atoms with Crippen LogP contribution >= 0.6 is 0 Å². The minimum absolute atomic E-state index is 0.0287. The fourth-order valence-electron chi connectivity index (χ4n) is 6.99. The SMILES string of the molecule is CCCC[N+](CC)(CCC1(C(=O)O)CC2CCC1O2)C1(C(=O)O)CC2CCC1O2. The fourth-order valence-corrected chi connectivity index (χ4v) is 6.99. The highest BCUT2D eigenvalue weighted by Crippen LogP contribution is 2.53. The molecule has 7 atom stereocenters. The number of unbranched alkanes of at least 4 members (excludes halogenated alkanes) is 1. The van der Waals surface area contributed by atoms with Gasteiger partial charge in [0.1, 0.15) is 11.5 Å². The average molecular weight is 411 g/mol. The number of carbonyl (C=O) groups is 2. The molecule has 0 amide bonds. The molecule has 4 heterocycles. The van der Waals surface area contributed by atoms with Crippen molar-refractivity contribution in [2.24, 2.45) is 5.41 Å². The first-order valence-electron chi connectivity index (χ1n) is 11.5. The van der Waals surface area contributed by atoms with Gasteiger partial charge in [-0.2, -0.15) is 0 Å². The van der Waals surface area contributed by atoms with Crippen molar-refractivity contribution < 1.29 is 33.8 Å². The third kappa shape index (κ3) is 2.95. The summed E-state index contributed by atoms with van der Waals surface area (Å²) in [4.78, 5) is 25.2. The van der Waals surface area contributed by atoms with Crippen molar-refractivity contribution in [3.8, 4) is 0 Å². The quantitative estimate of drug-likeness (QED) is 0.538. The van der Waals surface area contributed by atoms with Crippen LogP contribution in [0.25, 0.3) is 0 Å². The zero-order chi connectivity index (χ0) is 20.9. The Morgan fingerprint density at radius 2 is 1.59 bits per heavy atom. The van der Waals surface area contributed by atoms with Gasteiger partial charge < -0.3 is 24.2 Å². The van der Waals surface area contributed by atoms with E-state index < -0.39 is 22.9 Å². The molecule has 0 aliphatic carbocycles. The molecule has 0 saturated carbocycles. The van der Waals surface area contributed by atoms with E-state index >= 15 is 0 Å². The van der Waals surface area contributed by atoms with Crippen molar-refractivity contribution in [2.75, 3.05) is 19.6 Å². The summed E-state index contributed by atoms with van der Waals surface area (Å²) < 4.78 is 12.5. The maximum Gasteiger partial charge on any atom is 0.368 e. The Morgan fingerprint density at radius 1 is 0.931 bits per heavy atom. The van der Waals surface area contributed by atoms with E-state index in [1.54, 1.807) is 0 Å². The lowest BCUT2D eigenvalue weighted by atomic mass is 9.70. The summed E-state index contributed by atoms with van der Waals surface area (Å²) in [6, 6.07) is 0. The number of rotatable bonds is 10. The standard InChI is InChI=1S/C22H35NO6/c1-3-5-11-23(4-2,22(20(26)27)14-16-7-9-18(22)29-16)12-10-21(19(24)25)13-15-6-8-17(21)28-15/h15-18H,3-14H2,1-2H3,(H-,24,25,26,27)/p+1. The Bertz CT molecular complexity index is 670. The zero-order valence-corrected chi connectivity index (χ0v) is 17.8. The summed E-state index contributed by atoms with van der Waals surface area (Å²) in [6.45, 7) is 6.20. The molecule has 2 N–H and O–H groups in total. The van der Waals surface area contributed by atoms with Crippen LogP contribution in [0.4, 0.5) is 0 Å². The summed E-state index contributed by atoms with van der Waals surface area (Å²) in [5, 5.41) is 20.6. The number of carboxylic acid groups (broad SMARTS) is 2. The van der Waals surface area contributed by atoms with Gasteiger partial charge in [-0.25, -0.2) is 4.79 Å². The first-order valence-corrected chi connectivity index (χ1v) is 11.5. The molecule has 0 spiro atoms. The van der Waals surface area contributed by atoms with Crippen molar-refractivity contribution in [3.63, 3.8) is 0 Å². The lowest BCUT2D eigenvalue weighted by molar-refractivity contribution is -0.968. The van der Waals surface area contributed by atoms with E-state index in [1.165, 1.54) is 0 Å². The van der Waals surface area contributed by atoms with Crippen molar-refractivity contribution >= 4 is 11.9 Å². The largest absolute Gasteiger partial charge is 0.481 e. The van der Waals surface area contributed by atoms with Gasteiger partial charge in [0.15, 0.2) is 0 Å². The third-order valence-corrected chi connectivity index (χ3v) is 8.67. The van der Waals surface area contributed by atoms with Crippen LogP contribution in [0.1, 0.15) is 71.6 Å². The normalized spacial score (nSPS) is 42.3. The van der Waals surface area contributed by atoms with E-state index in [4.69, 9.17) is 9.47 Å². The van der Waals surface area contributed by atoms with Gasteiger partial charge >= 0.3 is 11.9 Å². The first-order chi connectivity index (χ1) is 13.8. The van der Waals surface area contributed by atoms with Gasteiger partial charge in [0.2, 0.25) is 5.54 Å². The predicted molar refractivity (Wildman–Crippen MR) is 106 cm³/mol. The molecule has 0 aromatic rings. The molecule has 0 radical (unpaired) electrons. The lowest BCUT2D eigenvalue weighted by Gasteiger charge is -2.52. The van der Waals surface area contributed by atoms with E-state index in [9.17, 15) is 19.8 Å². The van der Waals surface area contributed by atoms with Crippen molar-refractivity contribution in [1.29, 1.82) is 0 Å². The summed E-state index contributed by atoms with van der Waals surface area (Å²) >= 11 is 0. The maximum atomic E-state index is 12.8. The van der Waals surface area contributed by atoms with Crippen LogP contribution in [0.15, 0.2) is 0 Å². The van der Waals surface area contributed by atoms with Gasteiger partial charge in [0, 0.05) is 12.8 Å². The number of ether oxygens (including phenoxy) is 2. The number of fused-ring (bicyclic) bond motifs is 4. The summed E-state index contributed by atoms with van der Waals surface area (Å²) in [5.74, 6) is -1.54. The number of hydrogen-bond donors (Lipinski definition) is 2. The van der Waals surface area contributed by atoms with Gasteiger partial charge in [-0.3, -0.25) is 4.79 Å². The number of nitrogens with zero attached hydrogens (tertiary/aromatic N) is 1. The molecule has 0 aromatic heterocycles. The van der Waals surface area contributed by atoms with Gasteiger partial charge in [-0.15, -0.1) is 0 Å². The zero-order valence-electron chi connectivity index (χ0n) is 17.8. The first kappa shape index (κ1) is 21.1. The van der Waals surface area contributed by atoms with Gasteiger partial charge in [-0.1, -0.05) is 13.3 Å². The molecular formula is C22H36NO6+. The summed E-state index contributed by atoms with van der Waals surface area (Å²) in [7, 11) is 0. The van der Waals surface area contributed by atoms with Crippen LogP contribution in [0.2, 0.25) is 0 Å². The number of likely N-dealkylation sites (N-methyl/N-ethyl adjacent to an activating group) is 1. The van der Waals surface area contributed by atoms with Gasteiger partial charge in [-0.05, 0) is 45.4 Å². The van der Waals surface area contributed by atoms with Gasteiger partial charge in [0.25, 0.3) is 0 Å². The Labute approximate surface area is 172 Å². The molecule has 4 aliphatic rings. The molecule has 7 unspecified atom stereocenters. The Balaban J connectivity index is 1.66. The van der Waals surface area contributed by atoms with Crippen LogP contribution in [0.3, 0.4) is 0 Å². The highest BCUT2D eigenvalue weighted by atomic mass is 16.5. The van der Waals surface area contributed by atoms with E-state index in [-0.39, 0.29) is 24.4 Å². The Morgan fingerprint density at radius 3 is 2.00 bits per heavy atom. The van der Waals surface area contributed by atoms with Crippen LogP contribution in [-0.4, -0.2) is 76.2 Å². The molecule has 4 fully saturated rings. The van der Waals surface area contributed by atoms with Crippen molar-refractivity contribution in [3.05, 3.63) is 0 Å². The molecule has 7 nitrogen and oxygen atoms in total. The van der Waals surface area contributed by atoms with Crippen molar-refractivity contribution in [2.45, 2.75) is 102 Å². The average Bonchev–Trinajstić information content (AvgIpc) is 3.48. The van der Waals surface area contributed by atoms with Crippen LogP contribution in [0.5, 0.6) is 0 Å². The second kappa shape index (κ2) is 7.50. The molecule has 4 aliphatic heterocycles. The predicted octanol–water partition coefficient (Wildman–Crippen LogP) is 2.81. The molecule has 0 aromatic carbocycles. The Hall–Kier alpha value is -1.18. The van der Waals surface area contributed by atoms with Gasteiger partial charge in [0.05, 0.1) is 37.9 Å². The maximum absolute atomic E-state index is 12.8. The smallest absolute Gasteiger partial charge is 0.368 e. The summed E-state index contributed by atoms with van der Waals surface area (Å²) in [6.07, 6.45) is 6.57. The Kier molecular flexibility index (Phi) is 5.45. The van der Waals surface area contributed by atoms with E-state index in [2.05, 4.69) is 13.8 Å². The topological polar surface area (TPSA) is 93.1 Å². The second-order valence-corrected chi connectivity index (χ2v) is 9.76. The third-order valence-electron chi connectivity index (χ3n) is 8.67. The molecule has 164 valence electrons. The summed E-state index contributed by atoms with van der Waals surface area (Å²) in [5.41, 5.74) is -1.82.